The van der Waals surface area contributed by atoms with Crippen LogP contribution < -0.4 is 9.64 Å². The van der Waals surface area contributed by atoms with Crippen molar-refractivity contribution in [2.75, 3.05) is 4.90 Å². The molecule has 2 aliphatic rings. The highest BCUT2D eigenvalue weighted by molar-refractivity contribution is 6.51. The molecule has 156 valence electrons. The average molecular weight is 436 g/mol. The summed E-state index contributed by atoms with van der Waals surface area (Å²) in [5.41, 5.74) is 1.84. The molecule has 6 nitrogen and oxygen atoms in total. The van der Waals surface area contributed by atoms with Crippen molar-refractivity contribution in [3.8, 4) is 5.75 Å². The Balaban J connectivity index is 1.66. The first kappa shape index (κ1) is 19.5. The van der Waals surface area contributed by atoms with Crippen molar-refractivity contribution in [2.45, 2.75) is 25.5 Å². The number of hydrogen-bond donors (Lipinski definition) is 1. The highest BCUT2D eigenvalue weighted by Crippen LogP contribution is 2.43. The minimum absolute atomic E-state index is 0.0261. The van der Waals surface area contributed by atoms with Crippen LogP contribution in [-0.2, 0) is 16.0 Å². The van der Waals surface area contributed by atoms with E-state index in [2.05, 4.69) is 0 Å². The SMILES string of the molecule is CC1Cc2cc(/C(O)=C3/C(=O)C(=O)N(c4ccc(Cl)cc4)C3c3ccco3)ccc2O1. The third-order valence-electron chi connectivity index (χ3n) is 5.53. The monoisotopic (exact) mass is 435 g/mol. The number of aliphatic hydroxyl groups excluding tert-OH is 1. The van der Waals surface area contributed by atoms with Crippen LogP contribution in [0.3, 0.4) is 0 Å². The molecular formula is C24H18ClNO5. The number of carbonyl (C=O) groups is 2. The molecule has 2 aromatic carbocycles. The number of fused-ring (bicyclic) bond motifs is 1. The molecule has 3 aromatic rings. The predicted octanol–water partition coefficient (Wildman–Crippen LogP) is 4.88. The van der Waals surface area contributed by atoms with Crippen molar-refractivity contribution in [2.24, 2.45) is 0 Å². The molecule has 31 heavy (non-hydrogen) atoms. The molecule has 0 aliphatic carbocycles. The molecule has 2 unspecified atom stereocenters. The molecule has 2 aliphatic heterocycles. The first-order chi connectivity index (χ1) is 14.9. The van der Waals surface area contributed by atoms with E-state index in [0.717, 1.165) is 11.3 Å². The highest BCUT2D eigenvalue weighted by atomic mass is 35.5. The number of rotatable bonds is 3. The second-order valence-corrected chi connectivity index (χ2v) is 8.05. The molecule has 1 amide bonds. The second-order valence-electron chi connectivity index (χ2n) is 7.62. The maximum Gasteiger partial charge on any atom is 0.300 e. The van der Waals surface area contributed by atoms with E-state index >= 15 is 0 Å². The van der Waals surface area contributed by atoms with Crippen LogP contribution in [0.15, 0.2) is 70.9 Å². The quantitative estimate of drug-likeness (QED) is 0.360. The molecule has 1 aromatic heterocycles. The molecule has 1 fully saturated rings. The van der Waals surface area contributed by atoms with Gasteiger partial charge in [0.1, 0.15) is 29.4 Å². The fourth-order valence-corrected chi connectivity index (χ4v) is 4.27. The average Bonchev–Trinajstić information content (AvgIpc) is 3.46. The zero-order chi connectivity index (χ0) is 21.7. The Kier molecular flexibility index (Phi) is 4.59. The van der Waals surface area contributed by atoms with Gasteiger partial charge in [-0.15, -0.1) is 0 Å². The molecule has 1 N–H and O–H groups in total. The van der Waals surface area contributed by atoms with Crippen molar-refractivity contribution in [1.29, 1.82) is 0 Å². The van der Waals surface area contributed by atoms with Crippen LogP contribution in [0.25, 0.3) is 5.76 Å². The number of ether oxygens (including phenoxy) is 1. The number of furan rings is 1. The summed E-state index contributed by atoms with van der Waals surface area (Å²) in [6, 6.07) is 14.3. The Labute approximate surface area is 183 Å². The number of nitrogens with zero attached hydrogens (tertiary/aromatic N) is 1. The van der Waals surface area contributed by atoms with Gasteiger partial charge in [-0.05, 0) is 67.1 Å². The molecular weight excluding hydrogens is 418 g/mol. The van der Waals surface area contributed by atoms with Gasteiger partial charge in [0.25, 0.3) is 11.7 Å². The van der Waals surface area contributed by atoms with Crippen LogP contribution in [0, 0.1) is 0 Å². The zero-order valence-corrected chi connectivity index (χ0v) is 17.3. The molecule has 5 rings (SSSR count). The Hall–Kier alpha value is -3.51. The summed E-state index contributed by atoms with van der Waals surface area (Å²) in [6.45, 7) is 1.97. The second kappa shape index (κ2) is 7.32. The lowest BCUT2D eigenvalue weighted by molar-refractivity contribution is -0.132. The van der Waals surface area contributed by atoms with E-state index in [4.69, 9.17) is 20.8 Å². The fourth-order valence-electron chi connectivity index (χ4n) is 4.14. The van der Waals surface area contributed by atoms with Gasteiger partial charge in [-0.25, -0.2) is 0 Å². The van der Waals surface area contributed by atoms with Gasteiger partial charge in [0, 0.05) is 22.7 Å². The summed E-state index contributed by atoms with van der Waals surface area (Å²) in [5.74, 6) is -0.650. The zero-order valence-electron chi connectivity index (χ0n) is 16.5. The molecule has 2 atom stereocenters. The van der Waals surface area contributed by atoms with Gasteiger partial charge in [0.2, 0.25) is 0 Å². The Morgan fingerprint density at radius 3 is 2.61 bits per heavy atom. The molecule has 0 spiro atoms. The first-order valence-electron chi connectivity index (χ1n) is 9.84. The minimum Gasteiger partial charge on any atom is -0.507 e. The van der Waals surface area contributed by atoms with Crippen LogP contribution in [-0.4, -0.2) is 22.9 Å². The maximum atomic E-state index is 13.1. The third kappa shape index (κ3) is 3.20. The Bertz CT molecular complexity index is 1210. The van der Waals surface area contributed by atoms with Gasteiger partial charge in [0.15, 0.2) is 0 Å². The van der Waals surface area contributed by atoms with Crippen molar-refractivity contribution >= 4 is 34.7 Å². The summed E-state index contributed by atoms with van der Waals surface area (Å²) in [6.07, 6.45) is 2.22. The molecule has 3 heterocycles. The highest BCUT2D eigenvalue weighted by Gasteiger charge is 2.48. The maximum absolute atomic E-state index is 13.1. The lowest BCUT2D eigenvalue weighted by Crippen LogP contribution is -2.29. The number of carbonyl (C=O) groups excluding carboxylic acids is 2. The van der Waals surface area contributed by atoms with Crippen molar-refractivity contribution in [3.63, 3.8) is 0 Å². The van der Waals surface area contributed by atoms with E-state index in [1.807, 2.05) is 6.92 Å². The lowest BCUT2D eigenvalue weighted by Gasteiger charge is -2.23. The Morgan fingerprint density at radius 1 is 1.13 bits per heavy atom. The Morgan fingerprint density at radius 2 is 1.90 bits per heavy atom. The van der Waals surface area contributed by atoms with Gasteiger partial charge in [-0.3, -0.25) is 14.5 Å². The van der Waals surface area contributed by atoms with E-state index in [0.29, 0.717) is 28.5 Å². The summed E-state index contributed by atoms with van der Waals surface area (Å²) < 4.78 is 11.3. The predicted molar refractivity (Wildman–Crippen MR) is 115 cm³/mol. The summed E-state index contributed by atoms with van der Waals surface area (Å²) in [7, 11) is 0. The van der Waals surface area contributed by atoms with E-state index < -0.39 is 17.7 Å². The van der Waals surface area contributed by atoms with Crippen molar-refractivity contribution < 1.29 is 23.8 Å². The van der Waals surface area contributed by atoms with E-state index in [1.165, 1.54) is 11.2 Å². The van der Waals surface area contributed by atoms with Gasteiger partial charge in [-0.1, -0.05) is 11.6 Å². The van der Waals surface area contributed by atoms with Crippen LogP contribution in [0.4, 0.5) is 5.69 Å². The van der Waals surface area contributed by atoms with Crippen LogP contribution >= 0.6 is 11.6 Å². The number of hydrogen-bond acceptors (Lipinski definition) is 5. The van der Waals surface area contributed by atoms with E-state index in [-0.39, 0.29) is 17.4 Å². The largest absolute Gasteiger partial charge is 0.507 e. The molecule has 0 saturated carbocycles. The normalized spacial score (nSPS) is 21.9. The van der Waals surface area contributed by atoms with Gasteiger partial charge >= 0.3 is 0 Å². The topological polar surface area (TPSA) is 80.0 Å². The molecule has 7 heteroatoms. The van der Waals surface area contributed by atoms with E-state index in [9.17, 15) is 14.7 Å². The summed E-state index contributed by atoms with van der Waals surface area (Å²) in [4.78, 5) is 27.4. The minimum atomic E-state index is -0.903. The summed E-state index contributed by atoms with van der Waals surface area (Å²) in [5, 5.41) is 11.7. The number of benzene rings is 2. The van der Waals surface area contributed by atoms with Crippen LogP contribution in [0.1, 0.15) is 29.9 Å². The molecule has 1 saturated heterocycles. The lowest BCUT2D eigenvalue weighted by atomic mass is 9.97. The fraction of sp³-hybridized carbons (Fsp3) is 0.167. The van der Waals surface area contributed by atoms with Gasteiger partial charge < -0.3 is 14.3 Å². The van der Waals surface area contributed by atoms with Crippen LogP contribution in [0.2, 0.25) is 5.02 Å². The van der Waals surface area contributed by atoms with Crippen molar-refractivity contribution in [1.82, 2.24) is 0 Å². The number of aliphatic hydroxyl groups is 1. The number of amides is 1. The van der Waals surface area contributed by atoms with Gasteiger partial charge in [-0.2, -0.15) is 0 Å². The van der Waals surface area contributed by atoms with Crippen LogP contribution in [0.5, 0.6) is 5.75 Å². The number of anilines is 1. The number of ketones is 1. The number of Topliss-reactive ketones (excluding diaryl/α,β-unsaturated/α-hetero) is 1. The van der Waals surface area contributed by atoms with Crippen molar-refractivity contribution in [3.05, 3.63) is 88.3 Å². The van der Waals surface area contributed by atoms with Gasteiger partial charge in [0.05, 0.1) is 11.8 Å². The number of halogens is 1. The molecule has 0 radical (unpaired) electrons. The third-order valence-corrected chi connectivity index (χ3v) is 5.78. The first-order valence-corrected chi connectivity index (χ1v) is 10.2. The standard InChI is InChI=1S/C24H18ClNO5/c1-13-11-15-12-14(4-9-18(15)31-13)22(27)20-21(19-3-2-10-30-19)26(24(29)23(20)28)17-7-5-16(25)6-8-17/h2-10,12-13,21,27H,11H2,1H3/b22-20-. The summed E-state index contributed by atoms with van der Waals surface area (Å²) >= 11 is 5.99. The van der Waals surface area contributed by atoms with E-state index in [1.54, 1.807) is 54.6 Å². The molecule has 0 bridgehead atoms. The smallest absolute Gasteiger partial charge is 0.300 e.